The van der Waals surface area contributed by atoms with Gasteiger partial charge in [0.1, 0.15) is 17.8 Å². The van der Waals surface area contributed by atoms with E-state index >= 15 is 0 Å². The summed E-state index contributed by atoms with van der Waals surface area (Å²) in [6, 6.07) is 0. The molecule has 160 valence electrons. The fourth-order valence-corrected chi connectivity index (χ4v) is 5.79. The molecular weight excluding hydrogens is 378 g/mol. The van der Waals surface area contributed by atoms with Crippen LogP contribution in [0.2, 0.25) is 0 Å². The lowest BCUT2D eigenvalue weighted by Crippen LogP contribution is -2.46. The van der Waals surface area contributed by atoms with Gasteiger partial charge in [-0.05, 0) is 25.2 Å². The Hall–Kier alpha value is -1.67. The Morgan fingerprint density at radius 1 is 1.21 bits per heavy atom. The maximum absolute atomic E-state index is 13.1. The minimum atomic E-state index is -0.566. The van der Waals surface area contributed by atoms with E-state index in [1.54, 1.807) is 0 Å². The molecule has 2 heterocycles. The van der Waals surface area contributed by atoms with Gasteiger partial charge < -0.3 is 18.9 Å². The quantitative estimate of drug-likeness (QED) is 0.471. The Bertz CT molecular complexity index is 712. The molecule has 0 aromatic carbocycles. The van der Waals surface area contributed by atoms with Crippen molar-refractivity contribution >= 4 is 17.9 Å². The first-order chi connectivity index (χ1) is 13.9. The molecule has 2 aliphatic heterocycles. The Balaban J connectivity index is 1.28. The standard InChI is InChI=1S/C21H29NO7/c1-11(2)21(3-4-21)29-20(25)16-13-9-12-15(16)19(24)28-18(12)17(13)27-14(23)10-22-5-7-26-8-6-22/h11-13,15-18H,3-10H2,1-2H3. The van der Waals surface area contributed by atoms with Gasteiger partial charge in [0.05, 0.1) is 31.6 Å². The first kappa shape index (κ1) is 19.3. The van der Waals surface area contributed by atoms with Crippen LogP contribution >= 0.6 is 0 Å². The molecule has 2 saturated heterocycles. The number of hydrogen-bond acceptors (Lipinski definition) is 8. The molecule has 0 radical (unpaired) electrons. The summed E-state index contributed by atoms with van der Waals surface area (Å²) in [6.07, 6.45) is 1.43. The molecule has 3 saturated carbocycles. The van der Waals surface area contributed by atoms with Crippen molar-refractivity contribution in [1.29, 1.82) is 0 Å². The monoisotopic (exact) mass is 407 g/mol. The van der Waals surface area contributed by atoms with Gasteiger partial charge in [0.25, 0.3) is 0 Å². The second kappa shape index (κ2) is 6.94. The minimum Gasteiger partial charge on any atom is -0.459 e. The van der Waals surface area contributed by atoms with Gasteiger partial charge >= 0.3 is 17.9 Å². The highest BCUT2D eigenvalue weighted by molar-refractivity contribution is 5.86. The minimum absolute atomic E-state index is 0.0551. The summed E-state index contributed by atoms with van der Waals surface area (Å²) in [5.74, 6) is -2.03. The number of fused-ring (bicyclic) bond motifs is 1. The zero-order valence-corrected chi connectivity index (χ0v) is 17.0. The number of rotatable bonds is 6. The molecule has 6 unspecified atom stereocenters. The van der Waals surface area contributed by atoms with Gasteiger partial charge in [0.2, 0.25) is 0 Å². The van der Waals surface area contributed by atoms with Gasteiger partial charge in [-0.25, -0.2) is 0 Å². The summed E-state index contributed by atoms with van der Waals surface area (Å²) in [7, 11) is 0. The second-order valence-electron chi connectivity index (χ2n) is 9.50. The Kier molecular flexibility index (Phi) is 4.62. The van der Waals surface area contributed by atoms with Crippen LogP contribution < -0.4 is 0 Å². The molecule has 29 heavy (non-hydrogen) atoms. The van der Waals surface area contributed by atoms with Crippen molar-refractivity contribution in [2.45, 2.75) is 50.9 Å². The van der Waals surface area contributed by atoms with Gasteiger partial charge in [-0.2, -0.15) is 0 Å². The van der Waals surface area contributed by atoms with Crippen LogP contribution in [0.4, 0.5) is 0 Å². The molecule has 8 nitrogen and oxygen atoms in total. The Labute approximate surface area is 170 Å². The second-order valence-corrected chi connectivity index (χ2v) is 9.50. The average Bonchev–Trinajstić information content (AvgIpc) is 3.15. The SMILES string of the molecule is CC(C)C1(OC(=O)C2C3CC4C(OC(=O)C42)C3OC(=O)CN2CCOCC2)CC1. The van der Waals surface area contributed by atoms with Crippen molar-refractivity contribution in [3.63, 3.8) is 0 Å². The Morgan fingerprint density at radius 3 is 2.59 bits per heavy atom. The van der Waals surface area contributed by atoms with Crippen LogP contribution in [0.25, 0.3) is 0 Å². The highest BCUT2D eigenvalue weighted by Gasteiger charge is 2.70. The van der Waals surface area contributed by atoms with E-state index in [9.17, 15) is 14.4 Å². The number of morpholine rings is 1. The van der Waals surface area contributed by atoms with E-state index in [2.05, 4.69) is 13.8 Å². The average molecular weight is 407 g/mol. The third kappa shape index (κ3) is 3.15. The van der Waals surface area contributed by atoms with Crippen LogP contribution in [-0.2, 0) is 33.3 Å². The molecule has 0 aromatic rings. The van der Waals surface area contributed by atoms with Crippen LogP contribution in [0, 0.1) is 29.6 Å². The molecule has 5 rings (SSSR count). The topological polar surface area (TPSA) is 91.4 Å². The van der Waals surface area contributed by atoms with Crippen LogP contribution in [0.15, 0.2) is 0 Å². The molecule has 0 amide bonds. The van der Waals surface area contributed by atoms with E-state index in [-0.39, 0.29) is 47.8 Å². The first-order valence-electron chi connectivity index (χ1n) is 10.8. The van der Waals surface area contributed by atoms with E-state index in [0.29, 0.717) is 32.7 Å². The van der Waals surface area contributed by atoms with Gasteiger partial charge in [-0.15, -0.1) is 0 Å². The third-order valence-electron chi connectivity index (χ3n) is 7.64. The summed E-state index contributed by atoms with van der Waals surface area (Å²) in [4.78, 5) is 40.1. The molecule has 0 spiro atoms. The first-order valence-corrected chi connectivity index (χ1v) is 10.8. The number of nitrogens with zero attached hydrogens (tertiary/aromatic N) is 1. The van der Waals surface area contributed by atoms with Gasteiger partial charge in [-0.3, -0.25) is 19.3 Å². The van der Waals surface area contributed by atoms with E-state index in [0.717, 1.165) is 12.8 Å². The normalized spacial score (nSPS) is 39.5. The molecule has 8 heteroatoms. The highest BCUT2D eigenvalue weighted by atomic mass is 16.6. The summed E-state index contributed by atoms with van der Waals surface area (Å²) in [5.41, 5.74) is -0.386. The predicted molar refractivity (Wildman–Crippen MR) is 98.5 cm³/mol. The molecule has 3 aliphatic carbocycles. The third-order valence-corrected chi connectivity index (χ3v) is 7.64. The lowest BCUT2D eigenvalue weighted by molar-refractivity contribution is -0.171. The molecule has 2 bridgehead atoms. The largest absolute Gasteiger partial charge is 0.459 e. The van der Waals surface area contributed by atoms with E-state index in [1.807, 2.05) is 4.90 Å². The summed E-state index contributed by atoms with van der Waals surface area (Å²) in [6.45, 7) is 6.89. The Morgan fingerprint density at radius 2 is 1.93 bits per heavy atom. The molecule has 6 atom stereocenters. The zero-order valence-electron chi connectivity index (χ0n) is 17.0. The van der Waals surface area contributed by atoms with Crippen LogP contribution in [-0.4, -0.2) is 73.5 Å². The lowest BCUT2D eigenvalue weighted by Gasteiger charge is -2.32. The maximum atomic E-state index is 13.1. The van der Waals surface area contributed by atoms with E-state index in [1.165, 1.54) is 0 Å². The number of carbonyl (C=O) groups is 3. The van der Waals surface area contributed by atoms with Crippen LogP contribution in [0.5, 0.6) is 0 Å². The number of esters is 3. The predicted octanol–water partition coefficient (Wildman–Crippen LogP) is 0.770. The zero-order chi connectivity index (χ0) is 20.3. The van der Waals surface area contributed by atoms with Crippen molar-refractivity contribution in [2.24, 2.45) is 29.6 Å². The molecule has 0 N–H and O–H groups in total. The molecular formula is C21H29NO7. The number of hydrogen-bond donors (Lipinski definition) is 0. The van der Waals surface area contributed by atoms with Gasteiger partial charge in [-0.1, -0.05) is 13.8 Å². The van der Waals surface area contributed by atoms with Crippen molar-refractivity contribution in [3.05, 3.63) is 0 Å². The summed E-state index contributed by atoms with van der Waals surface area (Å²) < 4.78 is 22.6. The maximum Gasteiger partial charge on any atom is 0.320 e. The van der Waals surface area contributed by atoms with Gasteiger partial charge in [0.15, 0.2) is 0 Å². The highest BCUT2D eigenvalue weighted by Crippen LogP contribution is 2.60. The lowest BCUT2D eigenvalue weighted by atomic mass is 9.78. The fraction of sp³-hybridized carbons (Fsp3) is 0.857. The summed E-state index contributed by atoms with van der Waals surface area (Å²) >= 11 is 0. The fourth-order valence-electron chi connectivity index (χ4n) is 5.79. The van der Waals surface area contributed by atoms with Crippen molar-refractivity contribution in [2.75, 3.05) is 32.8 Å². The molecule has 5 aliphatic rings. The molecule has 0 aromatic heterocycles. The molecule has 5 fully saturated rings. The van der Waals surface area contributed by atoms with Crippen molar-refractivity contribution < 1.29 is 33.3 Å². The van der Waals surface area contributed by atoms with Crippen LogP contribution in [0.1, 0.15) is 33.1 Å². The summed E-state index contributed by atoms with van der Waals surface area (Å²) in [5, 5.41) is 0. The van der Waals surface area contributed by atoms with E-state index < -0.39 is 24.0 Å². The van der Waals surface area contributed by atoms with Crippen molar-refractivity contribution in [3.8, 4) is 0 Å². The number of ether oxygens (including phenoxy) is 4. The smallest absolute Gasteiger partial charge is 0.320 e. The number of carbonyl (C=O) groups excluding carboxylic acids is 3. The van der Waals surface area contributed by atoms with Gasteiger partial charge in [0, 0.05) is 24.9 Å². The van der Waals surface area contributed by atoms with Crippen molar-refractivity contribution in [1.82, 2.24) is 4.90 Å². The van der Waals surface area contributed by atoms with E-state index in [4.69, 9.17) is 18.9 Å². The van der Waals surface area contributed by atoms with Crippen LogP contribution in [0.3, 0.4) is 0 Å².